The van der Waals surface area contributed by atoms with E-state index in [9.17, 15) is 0 Å². The summed E-state index contributed by atoms with van der Waals surface area (Å²) in [6.45, 7) is 0. The Labute approximate surface area is 337 Å². The first-order valence-electron chi connectivity index (χ1n) is 19.8. The molecule has 11 rings (SSSR count). The molecule has 1 heterocycles. The van der Waals surface area contributed by atoms with Crippen LogP contribution in [0.2, 0.25) is 0 Å². The van der Waals surface area contributed by atoms with Crippen molar-refractivity contribution in [1.82, 2.24) is 0 Å². The summed E-state index contributed by atoms with van der Waals surface area (Å²) in [7, 11) is 0. The molecule has 0 saturated heterocycles. The van der Waals surface area contributed by atoms with E-state index in [0.29, 0.717) is 0 Å². The summed E-state index contributed by atoms with van der Waals surface area (Å²) in [6.07, 6.45) is 0. The highest BCUT2D eigenvalue weighted by molar-refractivity contribution is 6.09. The topological polar surface area (TPSA) is 16.4 Å². The van der Waals surface area contributed by atoms with Gasteiger partial charge >= 0.3 is 0 Å². The SMILES string of the molecule is c1cc(-c2ccc(-c3ccc4ccccc4c3)cc2)cc(N(c2ccc(-c3cccc4c3oc3ccccc34)cc2)c2cccc(-c3ccc4ccccc4c3)c2)c1. The minimum atomic E-state index is 0.905. The van der Waals surface area contributed by atoms with Gasteiger partial charge in [-0.05, 0) is 115 Å². The standard InChI is InChI=1S/C56H37NO/c1-3-12-43-34-47(28-26-38(43)10-1)41-24-22-40(23-25-41)45-14-7-16-50(36-45)57(51-17-8-15-46(37-51)48-29-27-39-11-2-4-13-44(39)35-48)49-32-30-42(31-33-49)52-19-9-20-54-53-18-5-6-21-55(53)58-56(52)54/h1-37H. The molecule has 0 unspecified atom stereocenters. The number of rotatable bonds is 7. The maximum absolute atomic E-state index is 6.43. The molecule has 0 fully saturated rings. The summed E-state index contributed by atoms with van der Waals surface area (Å²) in [5, 5.41) is 7.25. The predicted octanol–water partition coefficient (Wildman–Crippen LogP) is 16.0. The third-order valence-corrected chi connectivity index (χ3v) is 11.4. The quantitative estimate of drug-likeness (QED) is 0.162. The van der Waals surface area contributed by atoms with Crippen LogP contribution in [0.3, 0.4) is 0 Å². The van der Waals surface area contributed by atoms with E-state index in [1.165, 1.54) is 49.4 Å². The van der Waals surface area contributed by atoms with Crippen molar-refractivity contribution in [2.24, 2.45) is 0 Å². The van der Waals surface area contributed by atoms with E-state index in [1.807, 2.05) is 12.1 Å². The van der Waals surface area contributed by atoms with Crippen LogP contribution in [0.25, 0.3) is 88.0 Å². The number of fused-ring (bicyclic) bond motifs is 5. The molecule has 0 radical (unpaired) electrons. The Hall–Kier alpha value is -7.68. The van der Waals surface area contributed by atoms with Gasteiger partial charge in [0, 0.05) is 33.4 Å². The van der Waals surface area contributed by atoms with Crippen molar-refractivity contribution in [3.05, 3.63) is 224 Å². The molecule has 0 amide bonds. The highest BCUT2D eigenvalue weighted by Gasteiger charge is 2.17. The average Bonchev–Trinajstić information content (AvgIpc) is 3.68. The first kappa shape index (κ1) is 33.6. The van der Waals surface area contributed by atoms with Crippen LogP contribution in [0.1, 0.15) is 0 Å². The number of furan rings is 1. The zero-order chi connectivity index (χ0) is 38.4. The van der Waals surface area contributed by atoms with Gasteiger partial charge in [-0.3, -0.25) is 0 Å². The van der Waals surface area contributed by atoms with E-state index in [2.05, 4.69) is 217 Å². The van der Waals surface area contributed by atoms with Gasteiger partial charge in [0.2, 0.25) is 0 Å². The fourth-order valence-corrected chi connectivity index (χ4v) is 8.45. The molecule has 0 aliphatic heterocycles. The third kappa shape index (κ3) is 6.09. The lowest BCUT2D eigenvalue weighted by Gasteiger charge is -2.27. The molecular weight excluding hydrogens is 703 g/mol. The molecule has 0 atom stereocenters. The van der Waals surface area contributed by atoms with Crippen LogP contribution in [0.4, 0.5) is 17.1 Å². The lowest BCUT2D eigenvalue weighted by Crippen LogP contribution is -2.10. The Bertz CT molecular complexity index is 3280. The number of para-hydroxylation sites is 2. The van der Waals surface area contributed by atoms with Crippen molar-refractivity contribution in [2.45, 2.75) is 0 Å². The van der Waals surface area contributed by atoms with E-state index in [0.717, 1.165) is 55.7 Å². The molecule has 0 aliphatic carbocycles. The Kier molecular flexibility index (Phi) is 8.19. The van der Waals surface area contributed by atoms with Gasteiger partial charge < -0.3 is 9.32 Å². The molecule has 0 spiro atoms. The van der Waals surface area contributed by atoms with E-state index >= 15 is 0 Å². The van der Waals surface area contributed by atoms with Crippen molar-refractivity contribution >= 4 is 60.5 Å². The van der Waals surface area contributed by atoms with Crippen LogP contribution < -0.4 is 4.90 Å². The molecule has 272 valence electrons. The van der Waals surface area contributed by atoms with Crippen LogP contribution in [0, 0.1) is 0 Å². The Balaban J connectivity index is 0.992. The van der Waals surface area contributed by atoms with Gasteiger partial charge in [-0.25, -0.2) is 0 Å². The molecule has 10 aromatic carbocycles. The monoisotopic (exact) mass is 739 g/mol. The summed E-state index contributed by atoms with van der Waals surface area (Å²) in [6, 6.07) is 80.8. The van der Waals surface area contributed by atoms with Gasteiger partial charge in [-0.2, -0.15) is 0 Å². The van der Waals surface area contributed by atoms with Gasteiger partial charge in [0.15, 0.2) is 0 Å². The van der Waals surface area contributed by atoms with Crippen LogP contribution in [0.15, 0.2) is 229 Å². The molecule has 0 bridgehead atoms. The van der Waals surface area contributed by atoms with E-state index < -0.39 is 0 Å². The minimum absolute atomic E-state index is 0.905. The van der Waals surface area contributed by atoms with Crippen LogP contribution in [-0.2, 0) is 0 Å². The second-order valence-electron chi connectivity index (χ2n) is 15.0. The molecule has 1 aromatic heterocycles. The lowest BCUT2D eigenvalue weighted by atomic mass is 9.98. The van der Waals surface area contributed by atoms with Gasteiger partial charge in [0.05, 0.1) is 0 Å². The van der Waals surface area contributed by atoms with Gasteiger partial charge in [-0.15, -0.1) is 0 Å². The first-order valence-corrected chi connectivity index (χ1v) is 19.8. The number of benzene rings is 10. The fraction of sp³-hybridized carbons (Fsp3) is 0. The minimum Gasteiger partial charge on any atom is -0.455 e. The maximum atomic E-state index is 6.43. The number of nitrogens with zero attached hydrogens (tertiary/aromatic N) is 1. The van der Waals surface area contributed by atoms with E-state index in [4.69, 9.17) is 4.42 Å². The van der Waals surface area contributed by atoms with Crippen molar-refractivity contribution < 1.29 is 4.42 Å². The molecule has 11 aromatic rings. The van der Waals surface area contributed by atoms with Crippen LogP contribution in [0.5, 0.6) is 0 Å². The number of hydrogen-bond acceptors (Lipinski definition) is 2. The van der Waals surface area contributed by atoms with Gasteiger partial charge in [0.25, 0.3) is 0 Å². The smallest absolute Gasteiger partial charge is 0.143 e. The van der Waals surface area contributed by atoms with Gasteiger partial charge in [-0.1, -0.05) is 170 Å². The average molecular weight is 740 g/mol. The van der Waals surface area contributed by atoms with Crippen molar-refractivity contribution in [2.75, 3.05) is 4.90 Å². The predicted molar refractivity (Wildman–Crippen MR) is 245 cm³/mol. The summed E-state index contributed by atoms with van der Waals surface area (Å²) < 4.78 is 6.43. The molecular formula is C56H37NO. The highest BCUT2D eigenvalue weighted by atomic mass is 16.3. The summed E-state index contributed by atoms with van der Waals surface area (Å²) in [5.74, 6) is 0. The van der Waals surface area contributed by atoms with Gasteiger partial charge in [0.1, 0.15) is 11.2 Å². The zero-order valence-corrected chi connectivity index (χ0v) is 31.7. The summed E-state index contributed by atoms with van der Waals surface area (Å²) in [5.41, 5.74) is 14.4. The second-order valence-corrected chi connectivity index (χ2v) is 15.0. The molecule has 58 heavy (non-hydrogen) atoms. The van der Waals surface area contributed by atoms with E-state index in [1.54, 1.807) is 0 Å². The number of hydrogen-bond donors (Lipinski definition) is 0. The molecule has 0 N–H and O–H groups in total. The normalized spacial score (nSPS) is 11.4. The summed E-state index contributed by atoms with van der Waals surface area (Å²) >= 11 is 0. The maximum Gasteiger partial charge on any atom is 0.143 e. The van der Waals surface area contributed by atoms with Crippen molar-refractivity contribution in [1.29, 1.82) is 0 Å². The largest absolute Gasteiger partial charge is 0.455 e. The third-order valence-electron chi connectivity index (χ3n) is 11.4. The lowest BCUT2D eigenvalue weighted by molar-refractivity contribution is 0.670. The Morgan fingerprint density at radius 3 is 1.38 bits per heavy atom. The Morgan fingerprint density at radius 1 is 0.276 bits per heavy atom. The van der Waals surface area contributed by atoms with Crippen LogP contribution in [-0.4, -0.2) is 0 Å². The van der Waals surface area contributed by atoms with Crippen LogP contribution >= 0.6 is 0 Å². The Morgan fingerprint density at radius 2 is 0.741 bits per heavy atom. The van der Waals surface area contributed by atoms with Crippen molar-refractivity contribution in [3.8, 4) is 44.5 Å². The molecule has 2 nitrogen and oxygen atoms in total. The first-order chi connectivity index (χ1) is 28.7. The van der Waals surface area contributed by atoms with E-state index in [-0.39, 0.29) is 0 Å². The summed E-state index contributed by atoms with van der Waals surface area (Å²) in [4.78, 5) is 2.36. The highest BCUT2D eigenvalue weighted by Crippen LogP contribution is 2.41. The molecule has 2 heteroatoms. The molecule has 0 saturated carbocycles. The fourth-order valence-electron chi connectivity index (χ4n) is 8.45. The number of anilines is 3. The zero-order valence-electron chi connectivity index (χ0n) is 31.7. The van der Waals surface area contributed by atoms with Crippen molar-refractivity contribution in [3.63, 3.8) is 0 Å². The molecule has 0 aliphatic rings. The second kappa shape index (κ2) is 14.1.